The first-order valence-corrected chi connectivity index (χ1v) is 10.0. The van der Waals surface area contributed by atoms with Gasteiger partial charge in [0.25, 0.3) is 0 Å². The fraction of sp³-hybridized carbons (Fsp3) is 0.273. The first kappa shape index (κ1) is 23.5. The van der Waals surface area contributed by atoms with Crippen LogP contribution in [0, 0.1) is 17.6 Å². The summed E-state index contributed by atoms with van der Waals surface area (Å²) in [5.41, 5.74) is -0.157. The Morgan fingerprint density at radius 1 is 1.12 bits per heavy atom. The van der Waals surface area contributed by atoms with Crippen molar-refractivity contribution in [2.45, 2.75) is 40.0 Å². The number of nitrogens with zero attached hydrogens (tertiary/aromatic N) is 4. The molecule has 0 aliphatic rings. The van der Waals surface area contributed by atoms with Crippen LogP contribution in [0.25, 0.3) is 0 Å². The monoisotopic (exact) mass is 455 g/mol. The number of amides is 1. The minimum Gasteiger partial charge on any atom is -0.488 e. The van der Waals surface area contributed by atoms with Gasteiger partial charge in [0.05, 0.1) is 18.3 Å². The van der Waals surface area contributed by atoms with Crippen LogP contribution >= 0.6 is 0 Å². The van der Waals surface area contributed by atoms with Gasteiger partial charge in [0.2, 0.25) is 5.62 Å². The molecule has 0 saturated heterocycles. The van der Waals surface area contributed by atoms with Crippen molar-refractivity contribution in [3.63, 3.8) is 0 Å². The van der Waals surface area contributed by atoms with Gasteiger partial charge in [-0.1, -0.05) is 29.8 Å². The van der Waals surface area contributed by atoms with Gasteiger partial charge < -0.3 is 4.74 Å². The van der Waals surface area contributed by atoms with Gasteiger partial charge in [0, 0.05) is 11.2 Å². The van der Waals surface area contributed by atoms with E-state index in [1.54, 1.807) is 26.0 Å². The number of hydrogen-bond donors (Lipinski definition) is 1. The van der Waals surface area contributed by atoms with E-state index in [0.29, 0.717) is 10.1 Å². The van der Waals surface area contributed by atoms with Crippen LogP contribution in [-0.2, 0) is 17.9 Å². The number of aryl methyl sites for hydroxylation is 1. The lowest BCUT2D eigenvalue weighted by molar-refractivity contribution is -0.118. The van der Waals surface area contributed by atoms with E-state index in [1.807, 2.05) is 19.1 Å². The summed E-state index contributed by atoms with van der Waals surface area (Å²) in [4.78, 5) is 54.0. The molecule has 0 aliphatic heterocycles. The standard InChI is InChI=1S/C22H22FN5O5/c1-13(2)33-18-9-8-16(10-17(18)23)24-20-25-21(30)28(12-19(29)26-32)22(31)27(20)11-15-6-4-14(3)5-7-15/h4-10,13H,11-12H2,1-3H3,(H,24,25,30). The van der Waals surface area contributed by atoms with Gasteiger partial charge in [-0.3, -0.25) is 14.3 Å². The van der Waals surface area contributed by atoms with Crippen molar-refractivity contribution >= 4 is 11.6 Å². The molecule has 33 heavy (non-hydrogen) atoms. The summed E-state index contributed by atoms with van der Waals surface area (Å²) in [5.74, 6) is -1.80. The molecule has 0 radical (unpaired) electrons. The quantitative estimate of drug-likeness (QED) is 0.546. The molecule has 172 valence electrons. The molecule has 0 unspecified atom stereocenters. The van der Waals surface area contributed by atoms with Crippen LogP contribution in [0.15, 0.2) is 62.2 Å². The highest BCUT2D eigenvalue weighted by Gasteiger charge is 2.14. The highest BCUT2D eigenvalue weighted by Crippen LogP contribution is 2.23. The topological polar surface area (TPSA) is 128 Å². The summed E-state index contributed by atoms with van der Waals surface area (Å²) in [5, 5.41) is 2.23. The van der Waals surface area contributed by atoms with Crippen LogP contribution in [0.1, 0.15) is 25.0 Å². The van der Waals surface area contributed by atoms with Gasteiger partial charge in [0.1, 0.15) is 6.54 Å². The lowest BCUT2D eigenvalue weighted by atomic mass is 10.1. The molecule has 0 atom stereocenters. The second kappa shape index (κ2) is 9.98. The number of hydrogen-bond acceptors (Lipinski definition) is 6. The Labute approximate surface area is 187 Å². The van der Waals surface area contributed by atoms with Crippen LogP contribution in [0.4, 0.5) is 10.1 Å². The molecule has 0 aliphatic carbocycles. The zero-order valence-corrected chi connectivity index (χ0v) is 18.2. The van der Waals surface area contributed by atoms with Gasteiger partial charge in [0.15, 0.2) is 11.6 Å². The molecule has 1 heterocycles. The minimum absolute atomic E-state index is 0.00549. The second-order valence-corrected chi connectivity index (χ2v) is 7.57. The average molecular weight is 455 g/mol. The predicted molar refractivity (Wildman–Crippen MR) is 118 cm³/mol. The van der Waals surface area contributed by atoms with Crippen molar-refractivity contribution in [1.29, 1.82) is 0 Å². The van der Waals surface area contributed by atoms with Crippen molar-refractivity contribution in [2.75, 3.05) is 0 Å². The zero-order valence-electron chi connectivity index (χ0n) is 18.2. The van der Waals surface area contributed by atoms with E-state index in [2.05, 4.69) is 15.2 Å². The lowest BCUT2D eigenvalue weighted by Crippen LogP contribution is -2.50. The molecule has 0 fully saturated rings. The number of aromatic amines is 1. The smallest absolute Gasteiger partial charge is 0.335 e. The van der Waals surface area contributed by atoms with Crippen molar-refractivity contribution in [2.24, 2.45) is 10.2 Å². The van der Waals surface area contributed by atoms with Crippen LogP contribution in [0.3, 0.4) is 0 Å². The lowest BCUT2D eigenvalue weighted by Gasteiger charge is -2.11. The predicted octanol–water partition coefficient (Wildman–Crippen LogP) is 2.15. The first-order valence-electron chi connectivity index (χ1n) is 10.0. The third-order valence-corrected chi connectivity index (χ3v) is 4.55. The van der Waals surface area contributed by atoms with Crippen LogP contribution in [-0.4, -0.2) is 26.1 Å². The minimum atomic E-state index is -1.18. The number of rotatable bonds is 7. The first-order chi connectivity index (χ1) is 15.7. The summed E-state index contributed by atoms with van der Waals surface area (Å²) in [7, 11) is 0. The molecular weight excluding hydrogens is 433 g/mol. The molecule has 3 aromatic rings. The summed E-state index contributed by atoms with van der Waals surface area (Å²) in [6.45, 7) is 4.60. The van der Waals surface area contributed by atoms with E-state index in [1.165, 1.54) is 12.1 Å². The molecule has 1 N–H and O–H groups in total. The molecule has 0 bridgehead atoms. The molecule has 0 saturated carbocycles. The van der Waals surface area contributed by atoms with Crippen molar-refractivity contribution in [3.8, 4) is 5.75 Å². The van der Waals surface area contributed by atoms with E-state index in [-0.39, 0.29) is 29.7 Å². The summed E-state index contributed by atoms with van der Waals surface area (Å²) in [6.07, 6.45) is -0.230. The van der Waals surface area contributed by atoms with Crippen molar-refractivity contribution in [1.82, 2.24) is 14.1 Å². The molecule has 10 nitrogen and oxygen atoms in total. The summed E-state index contributed by atoms with van der Waals surface area (Å²) < 4.78 is 21.4. The van der Waals surface area contributed by atoms with Gasteiger partial charge in [-0.2, -0.15) is 0 Å². The van der Waals surface area contributed by atoms with E-state index in [4.69, 9.17) is 4.74 Å². The van der Waals surface area contributed by atoms with E-state index in [0.717, 1.165) is 16.2 Å². The number of H-pyrrole nitrogens is 1. The van der Waals surface area contributed by atoms with Crippen molar-refractivity contribution < 1.29 is 13.9 Å². The number of carbonyl (C=O) groups is 1. The third-order valence-electron chi connectivity index (χ3n) is 4.55. The largest absolute Gasteiger partial charge is 0.488 e. The van der Waals surface area contributed by atoms with E-state index < -0.39 is 29.6 Å². The van der Waals surface area contributed by atoms with E-state index >= 15 is 0 Å². The highest BCUT2D eigenvalue weighted by atomic mass is 19.1. The Kier molecular flexibility index (Phi) is 7.11. The maximum Gasteiger partial charge on any atom is 0.335 e. The Morgan fingerprint density at radius 3 is 2.42 bits per heavy atom. The zero-order chi connectivity index (χ0) is 24.1. The van der Waals surface area contributed by atoms with Gasteiger partial charge in [-0.15, -0.1) is 4.91 Å². The summed E-state index contributed by atoms with van der Waals surface area (Å²) in [6, 6.07) is 11.2. The summed E-state index contributed by atoms with van der Waals surface area (Å²) >= 11 is 0. The fourth-order valence-corrected chi connectivity index (χ4v) is 3.00. The molecular formula is C22H22FN5O5. The van der Waals surface area contributed by atoms with Crippen LogP contribution < -0.4 is 21.7 Å². The van der Waals surface area contributed by atoms with Crippen LogP contribution in [0.5, 0.6) is 5.75 Å². The molecule has 0 spiro atoms. The average Bonchev–Trinajstić information content (AvgIpc) is 2.76. The number of nitrogens with one attached hydrogen (secondary N) is 1. The number of ether oxygens (including phenoxy) is 1. The SMILES string of the molecule is Cc1ccc(Cn2c(=O)n(CC(=O)N=O)c(=O)[nH]/c2=N\c2ccc(OC(C)C)c(F)c2)cc1. The molecule has 1 amide bonds. The van der Waals surface area contributed by atoms with Gasteiger partial charge in [-0.05, 0) is 38.5 Å². The Morgan fingerprint density at radius 2 is 1.82 bits per heavy atom. The van der Waals surface area contributed by atoms with Crippen LogP contribution in [0.2, 0.25) is 0 Å². The Hall–Kier alpha value is -4.15. The maximum absolute atomic E-state index is 14.4. The van der Waals surface area contributed by atoms with Crippen molar-refractivity contribution in [3.05, 3.63) is 90.9 Å². The number of benzene rings is 2. The number of nitroso groups, excluding NO2 is 1. The number of aromatic nitrogens is 3. The molecule has 1 aromatic heterocycles. The normalized spacial score (nSPS) is 11.6. The van der Waals surface area contributed by atoms with E-state index in [9.17, 15) is 23.7 Å². The molecule has 2 aromatic carbocycles. The fourth-order valence-electron chi connectivity index (χ4n) is 3.00. The highest BCUT2D eigenvalue weighted by molar-refractivity contribution is 5.76. The Bertz CT molecular complexity index is 1370. The number of carbonyl (C=O) groups excluding carboxylic acids is 1. The molecule has 3 rings (SSSR count). The van der Waals surface area contributed by atoms with Gasteiger partial charge >= 0.3 is 17.3 Å². The number of halogens is 1. The molecule has 11 heteroatoms. The second-order valence-electron chi connectivity index (χ2n) is 7.57. The Balaban J connectivity index is 2.17. The van der Waals surface area contributed by atoms with Gasteiger partial charge in [-0.25, -0.2) is 23.5 Å². The third kappa shape index (κ3) is 5.76. The maximum atomic E-state index is 14.4.